The maximum atomic E-state index is 13.5. The number of imide groups is 1. The van der Waals surface area contributed by atoms with Crippen molar-refractivity contribution in [3.63, 3.8) is 0 Å². The summed E-state index contributed by atoms with van der Waals surface area (Å²) in [6.07, 6.45) is 0. The number of urea groups is 1. The van der Waals surface area contributed by atoms with Crippen LogP contribution in [0.15, 0.2) is 12.1 Å². The summed E-state index contributed by atoms with van der Waals surface area (Å²) in [4.78, 5) is 23.2. The molecule has 0 aliphatic carbocycles. The molecule has 0 aliphatic rings. The summed E-state index contributed by atoms with van der Waals surface area (Å²) in [6, 6.07) is 1.79. The van der Waals surface area contributed by atoms with Gasteiger partial charge in [-0.05, 0) is 25.0 Å². The third-order valence-corrected chi connectivity index (χ3v) is 3.73. The van der Waals surface area contributed by atoms with Gasteiger partial charge in [0, 0.05) is 12.1 Å². The van der Waals surface area contributed by atoms with Gasteiger partial charge in [0.05, 0.1) is 10.0 Å². The standard InChI is InChI=1S/C15H20Cl2FN3O2/c1-8(2)6-20-15(23)21-14(22)7-19-9(3)10-4-13(18)12(17)5-11(10)16/h4-5,8-9,19H,6-7H2,1-3H3,(H2,20,21,22,23)/p+1/t9-/m1/s1. The molecule has 0 aliphatic heterocycles. The van der Waals surface area contributed by atoms with E-state index in [-0.39, 0.29) is 17.6 Å². The third kappa shape index (κ3) is 6.72. The van der Waals surface area contributed by atoms with E-state index >= 15 is 0 Å². The number of carbonyl (C=O) groups excluding carboxylic acids is 2. The molecule has 0 radical (unpaired) electrons. The fraction of sp³-hybridized carbons (Fsp3) is 0.467. The van der Waals surface area contributed by atoms with Gasteiger partial charge in [0.1, 0.15) is 11.9 Å². The summed E-state index contributed by atoms with van der Waals surface area (Å²) in [7, 11) is 0. The first kappa shape index (κ1) is 19.7. The van der Waals surface area contributed by atoms with Gasteiger partial charge >= 0.3 is 6.03 Å². The number of nitrogens with two attached hydrogens (primary N) is 1. The number of halogens is 3. The van der Waals surface area contributed by atoms with Gasteiger partial charge in [-0.2, -0.15) is 0 Å². The molecule has 0 saturated carbocycles. The van der Waals surface area contributed by atoms with Crippen LogP contribution in [0.25, 0.3) is 0 Å². The monoisotopic (exact) mass is 364 g/mol. The highest BCUT2D eigenvalue weighted by Crippen LogP contribution is 2.27. The largest absolute Gasteiger partial charge is 0.338 e. The van der Waals surface area contributed by atoms with E-state index in [0.717, 1.165) is 0 Å². The minimum Gasteiger partial charge on any atom is -0.338 e. The summed E-state index contributed by atoms with van der Waals surface area (Å²) >= 11 is 11.7. The second-order valence-corrected chi connectivity index (χ2v) is 6.48. The van der Waals surface area contributed by atoms with Crippen molar-refractivity contribution in [3.05, 3.63) is 33.6 Å². The molecule has 128 valence electrons. The molecule has 8 heteroatoms. The lowest BCUT2D eigenvalue weighted by atomic mass is 10.1. The molecule has 5 nitrogen and oxygen atoms in total. The van der Waals surface area contributed by atoms with Crippen molar-refractivity contribution < 1.29 is 19.3 Å². The topological polar surface area (TPSA) is 74.8 Å². The molecule has 0 spiro atoms. The Morgan fingerprint density at radius 2 is 1.87 bits per heavy atom. The number of rotatable bonds is 6. The Bertz CT molecular complexity index is 582. The third-order valence-electron chi connectivity index (χ3n) is 3.11. The summed E-state index contributed by atoms with van der Waals surface area (Å²) in [6.45, 7) is 6.18. The van der Waals surface area contributed by atoms with Crippen LogP contribution in [-0.4, -0.2) is 25.0 Å². The Kier molecular flexibility index (Phi) is 7.75. The Hall–Kier alpha value is -1.37. The molecule has 23 heavy (non-hydrogen) atoms. The summed E-state index contributed by atoms with van der Waals surface area (Å²) in [5.74, 6) is -0.711. The van der Waals surface area contributed by atoms with Crippen LogP contribution < -0.4 is 16.0 Å². The molecule has 3 amide bonds. The SMILES string of the molecule is CC(C)CNC(=O)NC(=O)C[NH2+][C@H](C)c1cc(F)c(Cl)cc1Cl. The van der Waals surface area contributed by atoms with E-state index in [9.17, 15) is 14.0 Å². The number of benzene rings is 1. The molecule has 1 atom stereocenters. The van der Waals surface area contributed by atoms with E-state index in [1.54, 1.807) is 12.2 Å². The van der Waals surface area contributed by atoms with Crippen molar-refractivity contribution >= 4 is 35.1 Å². The Morgan fingerprint density at radius 3 is 2.48 bits per heavy atom. The molecule has 0 bridgehead atoms. The first-order valence-corrected chi connectivity index (χ1v) is 8.01. The van der Waals surface area contributed by atoms with Crippen LogP contribution in [0.4, 0.5) is 9.18 Å². The average Bonchev–Trinajstić information content (AvgIpc) is 2.46. The molecular formula is C15H21Cl2FN3O2+. The minimum absolute atomic E-state index is 0.0108. The summed E-state index contributed by atoms with van der Waals surface area (Å²) in [5.41, 5.74) is 0.533. The Labute approximate surface area is 144 Å². The van der Waals surface area contributed by atoms with Gasteiger partial charge in [0.15, 0.2) is 6.54 Å². The first-order chi connectivity index (χ1) is 10.7. The van der Waals surface area contributed by atoms with Crippen molar-refractivity contribution in [1.29, 1.82) is 0 Å². The smallest absolute Gasteiger partial charge is 0.321 e. The van der Waals surface area contributed by atoms with Crippen LogP contribution in [0.5, 0.6) is 0 Å². The van der Waals surface area contributed by atoms with E-state index in [1.807, 2.05) is 13.8 Å². The first-order valence-electron chi connectivity index (χ1n) is 7.26. The molecule has 0 aromatic heterocycles. The highest BCUT2D eigenvalue weighted by Gasteiger charge is 2.18. The quantitative estimate of drug-likeness (QED) is 0.677. The van der Waals surface area contributed by atoms with Crippen molar-refractivity contribution in [2.75, 3.05) is 13.1 Å². The van der Waals surface area contributed by atoms with Crippen LogP contribution in [-0.2, 0) is 4.79 Å². The lowest BCUT2D eigenvalue weighted by molar-refractivity contribution is -0.682. The van der Waals surface area contributed by atoms with Crippen molar-refractivity contribution in [1.82, 2.24) is 10.6 Å². The molecular weight excluding hydrogens is 344 g/mol. The predicted octanol–water partition coefficient (Wildman–Crippen LogP) is 2.24. The number of hydrogen-bond donors (Lipinski definition) is 3. The number of quaternary nitrogens is 1. The molecule has 0 unspecified atom stereocenters. The number of hydrogen-bond acceptors (Lipinski definition) is 2. The zero-order valence-electron chi connectivity index (χ0n) is 13.3. The zero-order valence-corrected chi connectivity index (χ0v) is 14.8. The van der Waals surface area contributed by atoms with E-state index in [0.29, 0.717) is 23.0 Å². The molecule has 1 aromatic rings. The number of nitrogens with one attached hydrogen (secondary N) is 2. The second-order valence-electron chi connectivity index (χ2n) is 5.67. The molecule has 0 heterocycles. The molecule has 0 saturated heterocycles. The zero-order chi connectivity index (χ0) is 17.6. The van der Waals surface area contributed by atoms with Gasteiger partial charge in [0.2, 0.25) is 0 Å². The van der Waals surface area contributed by atoms with Gasteiger partial charge in [0.25, 0.3) is 5.91 Å². The van der Waals surface area contributed by atoms with E-state index in [1.165, 1.54) is 12.1 Å². The Morgan fingerprint density at radius 1 is 1.22 bits per heavy atom. The van der Waals surface area contributed by atoms with Gasteiger partial charge in [-0.3, -0.25) is 10.1 Å². The van der Waals surface area contributed by atoms with Crippen molar-refractivity contribution in [2.45, 2.75) is 26.8 Å². The van der Waals surface area contributed by atoms with Gasteiger partial charge in [-0.25, -0.2) is 9.18 Å². The van der Waals surface area contributed by atoms with E-state index < -0.39 is 17.8 Å². The van der Waals surface area contributed by atoms with Crippen molar-refractivity contribution in [3.8, 4) is 0 Å². The second kappa shape index (κ2) is 9.05. The maximum absolute atomic E-state index is 13.5. The normalized spacial score (nSPS) is 12.1. The molecule has 1 rings (SSSR count). The van der Waals surface area contributed by atoms with Crippen LogP contribution in [0.3, 0.4) is 0 Å². The van der Waals surface area contributed by atoms with Crippen LogP contribution >= 0.6 is 23.2 Å². The van der Waals surface area contributed by atoms with Gasteiger partial charge < -0.3 is 10.6 Å². The van der Waals surface area contributed by atoms with Gasteiger partial charge in [-0.15, -0.1) is 0 Å². The predicted molar refractivity (Wildman–Crippen MR) is 88.0 cm³/mol. The lowest BCUT2D eigenvalue weighted by Gasteiger charge is -2.13. The number of carbonyl (C=O) groups is 2. The molecule has 1 aromatic carbocycles. The maximum Gasteiger partial charge on any atom is 0.321 e. The molecule has 0 fully saturated rings. The molecule has 4 N–H and O–H groups in total. The van der Waals surface area contributed by atoms with Crippen LogP contribution in [0, 0.1) is 11.7 Å². The Balaban J connectivity index is 2.50. The lowest BCUT2D eigenvalue weighted by Crippen LogP contribution is -2.87. The van der Waals surface area contributed by atoms with Crippen molar-refractivity contribution in [2.24, 2.45) is 5.92 Å². The summed E-state index contributed by atoms with van der Waals surface area (Å²) in [5, 5.41) is 6.74. The summed E-state index contributed by atoms with van der Waals surface area (Å²) < 4.78 is 13.5. The highest BCUT2D eigenvalue weighted by atomic mass is 35.5. The number of amides is 3. The average molecular weight is 365 g/mol. The highest BCUT2D eigenvalue weighted by molar-refractivity contribution is 6.35. The van der Waals surface area contributed by atoms with Gasteiger partial charge in [-0.1, -0.05) is 37.0 Å². The fourth-order valence-electron chi connectivity index (χ4n) is 1.82. The van der Waals surface area contributed by atoms with E-state index in [4.69, 9.17) is 23.2 Å². The van der Waals surface area contributed by atoms with Crippen LogP contribution in [0.1, 0.15) is 32.4 Å². The fourth-order valence-corrected chi connectivity index (χ4v) is 2.37. The van der Waals surface area contributed by atoms with Crippen LogP contribution in [0.2, 0.25) is 10.0 Å². The minimum atomic E-state index is -0.566. The van der Waals surface area contributed by atoms with E-state index in [2.05, 4.69) is 10.6 Å².